The molecule has 0 fully saturated rings. The lowest BCUT2D eigenvalue weighted by Crippen LogP contribution is -2.36. The van der Waals surface area contributed by atoms with Crippen molar-refractivity contribution in [3.05, 3.63) is 0 Å². The SMILES string of the molecule is COCC(C)(OC)OOOC(=O)O. The molecule has 0 saturated heterocycles. The average Bonchev–Trinajstić information content (AvgIpc) is 2.04. The fourth-order valence-corrected chi connectivity index (χ4v) is 0.497. The van der Waals surface area contributed by atoms with Crippen molar-refractivity contribution in [2.45, 2.75) is 12.7 Å². The Labute approximate surface area is 74.9 Å². The third-order valence-corrected chi connectivity index (χ3v) is 1.15. The Morgan fingerprint density at radius 2 is 2.08 bits per heavy atom. The maximum absolute atomic E-state index is 9.83. The van der Waals surface area contributed by atoms with Gasteiger partial charge in [0.1, 0.15) is 6.61 Å². The first-order valence-electron chi connectivity index (χ1n) is 3.33. The Kier molecular flexibility index (Phi) is 5.31. The van der Waals surface area contributed by atoms with E-state index >= 15 is 0 Å². The number of carbonyl (C=O) groups is 1. The topological polar surface area (TPSA) is 83.5 Å². The molecule has 7 heteroatoms. The van der Waals surface area contributed by atoms with Crippen LogP contribution in [0, 0.1) is 0 Å². The molecule has 1 unspecified atom stereocenters. The first-order chi connectivity index (χ1) is 6.04. The van der Waals surface area contributed by atoms with Crippen LogP contribution in [0.1, 0.15) is 6.92 Å². The lowest BCUT2D eigenvalue weighted by molar-refractivity contribution is -0.550. The van der Waals surface area contributed by atoms with Crippen molar-refractivity contribution in [1.82, 2.24) is 0 Å². The van der Waals surface area contributed by atoms with Crippen molar-refractivity contribution in [3.63, 3.8) is 0 Å². The average molecular weight is 196 g/mol. The van der Waals surface area contributed by atoms with Gasteiger partial charge < -0.3 is 14.6 Å². The van der Waals surface area contributed by atoms with Crippen LogP contribution in [0.5, 0.6) is 0 Å². The van der Waals surface area contributed by atoms with Crippen molar-refractivity contribution in [2.24, 2.45) is 0 Å². The molecule has 13 heavy (non-hydrogen) atoms. The van der Waals surface area contributed by atoms with Crippen molar-refractivity contribution in [2.75, 3.05) is 20.8 Å². The standard InChI is InChI=1S/C6H12O7/c1-6(10-3,4-9-2)12-13-11-5(7)8/h4H2,1-3H3,(H,7,8). The van der Waals surface area contributed by atoms with Gasteiger partial charge in [-0.2, -0.15) is 4.89 Å². The molecular formula is C6H12O7. The smallest absolute Gasteiger partial charge is 0.448 e. The van der Waals surface area contributed by atoms with E-state index in [2.05, 4.69) is 14.8 Å². The van der Waals surface area contributed by atoms with Crippen LogP contribution < -0.4 is 0 Å². The van der Waals surface area contributed by atoms with Crippen LogP contribution in [0.3, 0.4) is 0 Å². The van der Waals surface area contributed by atoms with Gasteiger partial charge in [-0.3, -0.25) is 0 Å². The molecule has 78 valence electrons. The van der Waals surface area contributed by atoms with E-state index in [1.807, 2.05) is 0 Å². The summed E-state index contributed by atoms with van der Waals surface area (Å²) in [5.41, 5.74) is 0. The third kappa shape index (κ3) is 5.36. The minimum atomic E-state index is -1.61. The summed E-state index contributed by atoms with van der Waals surface area (Å²) in [6.45, 7) is 1.55. The van der Waals surface area contributed by atoms with Crippen molar-refractivity contribution in [3.8, 4) is 0 Å². The minimum Gasteiger partial charge on any atom is -0.448 e. The van der Waals surface area contributed by atoms with Crippen molar-refractivity contribution < 1.29 is 34.2 Å². The van der Waals surface area contributed by atoms with Crippen LogP contribution in [-0.4, -0.2) is 37.9 Å². The fraction of sp³-hybridized carbons (Fsp3) is 0.833. The summed E-state index contributed by atoms with van der Waals surface area (Å²) in [6, 6.07) is 0. The molecule has 0 spiro atoms. The Hall–Kier alpha value is -0.890. The highest BCUT2D eigenvalue weighted by atomic mass is 17.5. The van der Waals surface area contributed by atoms with Gasteiger partial charge in [0.05, 0.1) is 0 Å². The quantitative estimate of drug-likeness (QED) is 0.377. The first-order valence-corrected chi connectivity index (χ1v) is 3.33. The molecule has 1 atom stereocenters. The number of methoxy groups -OCH3 is 2. The second-order valence-electron chi connectivity index (χ2n) is 2.27. The van der Waals surface area contributed by atoms with Crippen LogP contribution in [0.4, 0.5) is 4.79 Å². The molecule has 7 nitrogen and oxygen atoms in total. The van der Waals surface area contributed by atoms with Gasteiger partial charge in [-0.15, -0.1) is 0 Å². The maximum Gasteiger partial charge on any atom is 0.540 e. The van der Waals surface area contributed by atoms with E-state index < -0.39 is 11.9 Å². The summed E-state index contributed by atoms with van der Waals surface area (Å²) in [5.74, 6) is -1.20. The predicted octanol–water partition coefficient (Wildman–Crippen LogP) is 0.553. The summed E-state index contributed by atoms with van der Waals surface area (Å²) >= 11 is 0. The number of ether oxygens (including phenoxy) is 2. The Balaban J connectivity index is 3.76. The summed E-state index contributed by atoms with van der Waals surface area (Å²) < 4.78 is 9.54. The fourth-order valence-electron chi connectivity index (χ4n) is 0.497. The molecule has 0 bridgehead atoms. The Bertz CT molecular complexity index is 159. The molecule has 0 aliphatic carbocycles. The molecule has 1 N–H and O–H groups in total. The summed E-state index contributed by atoms with van der Waals surface area (Å²) in [4.78, 5) is 18.0. The molecule has 0 aliphatic heterocycles. The van der Waals surface area contributed by atoms with Gasteiger partial charge in [0.25, 0.3) is 0 Å². The number of carboxylic acid groups (broad SMARTS) is 1. The lowest BCUT2D eigenvalue weighted by Gasteiger charge is -2.23. The van der Waals surface area contributed by atoms with Gasteiger partial charge in [-0.1, -0.05) is 0 Å². The van der Waals surface area contributed by atoms with Gasteiger partial charge in [0.2, 0.25) is 5.79 Å². The van der Waals surface area contributed by atoms with E-state index in [1.54, 1.807) is 0 Å². The van der Waals surface area contributed by atoms with Crippen molar-refractivity contribution >= 4 is 6.16 Å². The zero-order valence-corrected chi connectivity index (χ0v) is 7.60. The molecule has 0 heterocycles. The third-order valence-electron chi connectivity index (χ3n) is 1.15. The van der Waals surface area contributed by atoms with E-state index in [4.69, 9.17) is 14.6 Å². The number of rotatable bonds is 6. The molecular weight excluding hydrogens is 184 g/mol. The van der Waals surface area contributed by atoms with Gasteiger partial charge in [0.15, 0.2) is 0 Å². The second kappa shape index (κ2) is 5.70. The Morgan fingerprint density at radius 3 is 2.46 bits per heavy atom. The van der Waals surface area contributed by atoms with E-state index in [9.17, 15) is 4.79 Å². The van der Waals surface area contributed by atoms with E-state index in [0.717, 1.165) is 0 Å². The van der Waals surface area contributed by atoms with Crippen molar-refractivity contribution in [1.29, 1.82) is 0 Å². The zero-order valence-electron chi connectivity index (χ0n) is 7.60. The summed E-state index contributed by atoms with van der Waals surface area (Å²) in [7, 11) is 2.78. The highest BCUT2D eigenvalue weighted by Gasteiger charge is 2.27. The van der Waals surface area contributed by atoms with Crippen LogP contribution in [0.15, 0.2) is 0 Å². The van der Waals surface area contributed by atoms with Crippen LogP contribution in [-0.2, 0) is 24.3 Å². The monoisotopic (exact) mass is 196 g/mol. The molecule has 0 aromatic heterocycles. The molecule has 0 radical (unpaired) electrons. The van der Waals surface area contributed by atoms with Crippen LogP contribution in [0.25, 0.3) is 0 Å². The highest BCUT2D eigenvalue weighted by molar-refractivity contribution is 5.55. The molecule has 0 amide bonds. The molecule has 0 aromatic carbocycles. The van der Waals surface area contributed by atoms with E-state index in [-0.39, 0.29) is 6.61 Å². The summed E-state index contributed by atoms with van der Waals surface area (Å²) in [6.07, 6.45) is -1.61. The predicted molar refractivity (Wildman–Crippen MR) is 38.6 cm³/mol. The number of hydrogen-bond donors (Lipinski definition) is 1. The Morgan fingerprint density at radius 1 is 1.46 bits per heavy atom. The largest absolute Gasteiger partial charge is 0.540 e. The molecule has 0 saturated carbocycles. The van der Waals surface area contributed by atoms with E-state index in [1.165, 1.54) is 21.1 Å². The zero-order chi connectivity index (χ0) is 10.3. The number of hydrogen-bond acceptors (Lipinski definition) is 6. The maximum atomic E-state index is 9.83. The normalized spacial score (nSPS) is 15.0. The van der Waals surface area contributed by atoms with Gasteiger partial charge in [-0.25, -0.2) is 9.68 Å². The lowest BCUT2D eigenvalue weighted by atomic mass is 10.3. The van der Waals surface area contributed by atoms with Crippen LogP contribution in [0.2, 0.25) is 0 Å². The van der Waals surface area contributed by atoms with E-state index in [0.29, 0.717) is 0 Å². The van der Waals surface area contributed by atoms with Gasteiger partial charge >= 0.3 is 6.16 Å². The summed E-state index contributed by atoms with van der Waals surface area (Å²) in [5, 5.41) is 11.9. The van der Waals surface area contributed by atoms with Crippen LogP contribution >= 0.6 is 0 Å². The second-order valence-corrected chi connectivity index (χ2v) is 2.27. The molecule has 0 rings (SSSR count). The minimum absolute atomic E-state index is 0.0620. The first kappa shape index (κ1) is 12.1. The van der Waals surface area contributed by atoms with Gasteiger partial charge in [0, 0.05) is 14.2 Å². The highest BCUT2D eigenvalue weighted by Crippen LogP contribution is 2.11. The van der Waals surface area contributed by atoms with Gasteiger partial charge in [-0.05, 0) is 12.0 Å². The molecule has 0 aromatic rings. The molecule has 0 aliphatic rings.